The molecule has 0 saturated heterocycles. The zero-order valence-corrected chi connectivity index (χ0v) is 16.4. The Labute approximate surface area is 175 Å². The molecule has 2 aromatic rings. The highest BCUT2D eigenvalue weighted by molar-refractivity contribution is 6.08. The number of ether oxygens (including phenoxy) is 2. The number of aliphatic imine (C=N–C) groups is 1. The molecule has 0 aromatic heterocycles. The fourth-order valence-corrected chi connectivity index (χ4v) is 3.22. The van der Waals surface area contributed by atoms with Crippen LogP contribution in [0, 0.1) is 0 Å². The van der Waals surface area contributed by atoms with Gasteiger partial charge in [-0.15, -0.1) is 0 Å². The molecule has 1 heterocycles. The summed E-state index contributed by atoms with van der Waals surface area (Å²) in [6, 6.07) is 12.0. The van der Waals surface area contributed by atoms with Gasteiger partial charge in [-0.05, 0) is 41.5 Å². The highest BCUT2D eigenvalue weighted by atomic mass is 19.3. The number of carbonyl (C=O) groups excluding carboxylic acids is 1. The highest BCUT2D eigenvalue weighted by Crippen LogP contribution is 2.40. The van der Waals surface area contributed by atoms with Gasteiger partial charge in [0, 0.05) is 13.5 Å². The number of nitrogens with zero attached hydrogens (tertiary/aromatic N) is 2. The van der Waals surface area contributed by atoms with Crippen LogP contribution in [-0.2, 0) is 10.3 Å². The van der Waals surface area contributed by atoms with Crippen LogP contribution in [0.15, 0.2) is 65.7 Å². The number of alkyl halides is 2. The molecule has 1 aliphatic heterocycles. The van der Waals surface area contributed by atoms with Crippen LogP contribution in [0.5, 0.6) is 11.5 Å². The highest BCUT2D eigenvalue weighted by Gasteiger charge is 2.49. The molecule has 164 valence electrons. The number of carbonyl (C=O) groups is 1. The van der Waals surface area contributed by atoms with Crippen LogP contribution in [-0.4, -0.2) is 37.0 Å². The maximum Gasteiger partial charge on any atom is 0.387 e. The standard InChI is InChI=1S/C21H19F4N3O3/c1-28-18(29)21(27-20(28)26,13-7-9-15(10-8-13)31-19(24)25)14-4-2-5-16(12-14)30-11-3-6-17(22)23/h2,4-10,12,19H,3,11H2,1H3,(H2,26,27)/t21-/m1/s1. The van der Waals surface area contributed by atoms with E-state index in [2.05, 4.69) is 9.73 Å². The molecule has 6 nitrogen and oxygen atoms in total. The molecule has 0 saturated carbocycles. The quantitative estimate of drug-likeness (QED) is 0.503. The van der Waals surface area contributed by atoms with Gasteiger partial charge in [0.15, 0.2) is 11.5 Å². The van der Waals surface area contributed by atoms with Gasteiger partial charge in [-0.2, -0.15) is 17.6 Å². The molecule has 0 radical (unpaired) electrons. The Balaban J connectivity index is 1.99. The number of rotatable bonds is 8. The van der Waals surface area contributed by atoms with Crippen molar-refractivity contribution in [2.45, 2.75) is 18.6 Å². The summed E-state index contributed by atoms with van der Waals surface area (Å²) >= 11 is 0. The fourth-order valence-electron chi connectivity index (χ4n) is 3.22. The fraction of sp³-hybridized carbons (Fsp3) is 0.238. The topological polar surface area (TPSA) is 77.2 Å². The lowest BCUT2D eigenvalue weighted by Gasteiger charge is -2.26. The zero-order valence-electron chi connectivity index (χ0n) is 16.4. The maximum atomic E-state index is 13.2. The minimum Gasteiger partial charge on any atom is -0.493 e. The van der Waals surface area contributed by atoms with Crippen molar-refractivity contribution in [2.75, 3.05) is 13.7 Å². The first-order chi connectivity index (χ1) is 14.7. The molecule has 0 fully saturated rings. The Bertz CT molecular complexity index is 1010. The molecule has 0 aliphatic carbocycles. The molecular weight excluding hydrogens is 418 g/mol. The van der Waals surface area contributed by atoms with Crippen LogP contribution >= 0.6 is 0 Å². The zero-order chi connectivity index (χ0) is 22.6. The second-order valence-corrected chi connectivity index (χ2v) is 6.61. The molecule has 3 rings (SSSR count). The number of hydrogen-bond donors (Lipinski definition) is 1. The molecule has 2 N–H and O–H groups in total. The minimum atomic E-state index is -2.98. The van der Waals surface area contributed by atoms with Gasteiger partial charge >= 0.3 is 6.61 Å². The van der Waals surface area contributed by atoms with Crippen LogP contribution in [0.2, 0.25) is 0 Å². The number of benzene rings is 2. The lowest BCUT2D eigenvalue weighted by molar-refractivity contribution is -0.129. The third kappa shape index (κ3) is 4.62. The first kappa shape index (κ1) is 22.1. The Morgan fingerprint density at radius 3 is 2.45 bits per heavy atom. The van der Waals surface area contributed by atoms with Gasteiger partial charge in [-0.3, -0.25) is 9.69 Å². The predicted molar refractivity (Wildman–Crippen MR) is 105 cm³/mol. The summed E-state index contributed by atoms with van der Waals surface area (Å²) in [6.45, 7) is -2.98. The maximum absolute atomic E-state index is 13.2. The van der Waals surface area contributed by atoms with E-state index < -0.39 is 24.1 Å². The SMILES string of the molecule is CN1C(=O)[C@@](c2ccc(OC(F)F)cc2)(c2cccc(OCCC=C(F)F)c2)N=C1N. The van der Waals surface area contributed by atoms with Crippen LogP contribution < -0.4 is 15.2 Å². The summed E-state index contributed by atoms with van der Waals surface area (Å²) < 4.78 is 59.1. The lowest BCUT2D eigenvalue weighted by atomic mass is 9.82. The second kappa shape index (κ2) is 9.07. The number of likely N-dealkylation sites (N-methyl/N-ethyl adjacent to an activating group) is 1. The van der Waals surface area contributed by atoms with Gasteiger partial charge in [0.2, 0.25) is 0 Å². The molecule has 10 heteroatoms. The van der Waals surface area contributed by atoms with Gasteiger partial charge in [-0.1, -0.05) is 24.3 Å². The van der Waals surface area contributed by atoms with Gasteiger partial charge in [0.1, 0.15) is 11.5 Å². The number of nitrogens with two attached hydrogens (primary N) is 1. The average molecular weight is 437 g/mol. The van der Waals surface area contributed by atoms with Gasteiger partial charge < -0.3 is 15.2 Å². The second-order valence-electron chi connectivity index (χ2n) is 6.61. The van der Waals surface area contributed by atoms with Crippen molar-refractivity contribution in [2.24, 2.45) is 10.7 Å². The summed E-state index contributed by atoms with van der Waals surface area (Å²) in [7, 11) is 1.47. The Morgan fingerprint density at radius 2 is 1.87 bits per heavy atom. The van der Waals surface area contributed by atoms with Gasteiger partial charge in [0.25, 0.3) is 12.0 Å². The van der Waals surface area contributed by atoms with E-state index in [1.54, 1.807) is 24.3 Å². The van der Waals surface area contributed by atoms with E-state index in [1.165, 1.54) is 36.2 Å². The molecule has 0 bridgehead atoms. The summed E-state index contributed by atoms with van der Waals surface area (Å²) in [5, 5.41) is 0. The van der Waals surface area contributed by atoms with Crippen molar-refractivity contribution in [1.82, 2.24) is 4.90 Å². The third-order valence-electron chi connectivity index (χ3n) is 4.67. The van der Waals surface area contributed by atoms with Crippen LogP contribution in [0.25, 0.3) is 0 Å². The van der Waals surface area contributed by atoms with E-state index in [0.29, 0.717) is 16.9 Å². The van der Waals surface area contributed by atoms with E-state index >= 15 is 0 Å². The van der Waals surface area contributed by atoms with Crippen molar-refractivity contribution in [3.05, 3.63) is 71.8 Å². The van der Waals surface area contributed by atoms with Crippen molar-refractivity contribution < 1.29 is 31.8 Å². The Morgan fingerprint density at radius 1 is 1.16 bits per heavy atom. The van der Waals surface area contributed by atoms with Crippen molar-refractivity contribution >= 4 is 11.9 Å². The summed E-state index contributed by atoms with van der Waals surface area (Å²) in [4.78, 5) is 18.8. The van der Waals surface area contributed by atoms with Crippen molar-refractivity contribution in [3.63, 3.8) is 0 Å². The van der Waals surface area contributed by atoms with Crippen molar-refractivity contribution in [1.29, 1.82) is 0 Å². The van der Waals surface area contributed by atoms with E-state index in [1.807, 2.05) is 0 Å². The van der Waals surface area contributed by atoms with Crippen LogP contribution in [0.3, 0.4) is 0 Å². The molecule has 1 aliphatic rings. The smallest absolute Gasteiger partial charge is 0.387 e. The van der Waals surface area contributed by atoms with E-state index in [-0.39, 0.29) is 24.7 Å². The van der Waals surface area contributed by atoms with Crippen molar-refractivity contribution in [3.8, 4) is 11.5 Å². The Kier molecular flexibility index (Phi) is 6.47. The minimum absolute atomic E-state index is 0.00666. The molecule has 0 spiro atoms. The lowest BCUT2D eigenvalue weighted by Crippen LogP contribution is -2.41. The number of guanidine groups is 1. The number of amides is 1. The molecule has 1 amide bonds. The largest absolute Gasteiger partial charge is 0.493 e. The predicted octanol–water partition coefficient (Wildman–Crippen LogP) is 3.87. The molecule has 1 atom stereocenters. The molecule has 31 heavy (non-hydrogen) atoms. The number of halogens is 4. The van der Waals surface area contributed by atoms with Crippen LogP contribution in [0.1, 0.15) is 17.5 Å². The first-order valence-electron chi connectivity index (χ1n) is 9.17. The van der Waals surface area contributed by atoms with E-state index in [0.717, 1.165) is 6.08 Å². The average Bonchev–Trinajstić information content (AvgIpc) is 2.96. The normalized spacial score (nSPS) is 18.2. The van der Waals surface area contributed by atoms with E-state index in [9.17, 15) is 22.4 Å². The van der Waals surface area contributed by atoms with Gasteiger partial charge in [0.05, 0.1) is 6.61 Å². The molecule has 0 unspecified atom stereocenters. The third-order valence-corrected chi connectivity index (χ3v) is 4.67. The monoisotopic (exact) mass is 437 g/mol. The molecule has 2 aromatic carbocycles. The first-order valence-corrected chi connectivity index (χ1v) is 9.17. The Hall–Kier alpha value is -3.56. The summed E-state index contributed by atoms with van der Waals surface area (Å²) in [6.07, 6.45) is -1.04. The molecular formula is C21H19F4N3O3. The summed E-state index contributed by atoms with van der Waals surface area (Å²) in [5.74, 6) is -0.201. The van der Waals surface area contributed by atoms with E-state index in [4.69, 9.17) is 10.5 Å². The van der Waals surface area contributed by atoms with Gasteiger partial charge in [-0.25, -0.2) is 4.99 Å². The summed E-state index contributed by atoms with van der Waals surface area (Å²) in [5.41, 5.74) is 5.13. The van der Waals surface area contributed by atoms with Crippen LogP contribution in [0.4, 0.5) is 17.6 Å². The number of hydrogen-bond acceptors (Lipinski definition) is 5.